The van der Waals surface area contributed by atoms with Crippen molar-refractivity contribution in [3.8, 4) is 0 Å². The summed E-state index contributed by atoms with van der Waals surface area (Å²) >= 11 is 11.9. The Bertz CT molecular complexity index is 588. The Balaban J connectivity index is 1.80. The fourth-order valence-corrected chi connectivity index (χ4v) is 2.27. The lowest BCUT2D eigenvalue weighted by Crippen LogP contribution is -2.23. The lowest BCUT2D eigenvalue weighted by molar-refractivity contribution is -0.121. The van der Waals surface area contributed by atoms with E-state index in [4.69, 9.17) is 23.2 Å². The summed E-state index contributed by atoms with van der Waals surface area (Å²) in [4.78, 5) is 15.8. The van der Waals surface area contributed by atoms with Crippen LogP contribution in [0.4, 0.5) is 0 Å². The number of benzene rings is 1. The number of carbonyl (C=O) groups excluding carboxylic acids is 1. The van der Waals surface area contributed by atoms with Crippen LogP contribution >= 0.6 is 23.2 Å². The number of nitrogens with zero attached hydrogens (tertiary/aromatic N) is 1. The molecule has 5 heteroatoms. The smallest absolute Gasteiger partial charge is 0.220 e. The largest absolute Gasteiger partial charge is 0.352 e. The fraction of sp³-hybridized carbons (Fsp3) is 0.200. The minimum atomic E-state index is -0.0140. The van der Waals surface area contributed by atoms with Crippen molar-refractivity contribution in [1.29, 1.82) is 0 Å². The van der Waals surface area contributed by atoms with Crippen molar-refractivity contribution >= 4 is 29.1 Å². The molecule has 1 amide bonds. The second-order valence-electron chi connectivity index (χ2n) is 4.37. The van der Waals surface area contributed by atoms with Gasteiger partial charge in [-0.15, -0.1) is 0 Å². The van der Waals surface area contributed by atoms with Crippen LogP contribution < -0.4 is 5.32 Å². The maximum Gasteiger partial charge on any atom is 0.220 e. The molecule has 0 bridgehead atoms. The van der Waals surface area contributed by atoms with E-state index < -0.39 is 0 Å². The van der Waals surface area contributed by atoms with Crippen molar-refractivity contribution in [2.24, 2.45) is 0 Å². The number of halogens is 2. The van der Waals surface area contributed by atoms with Crippen LogP contribution in [-0.4, -0.2) is 10.9 Å². The number of amides is 1. The zero-order chi connectivity index (χ0) is 14.4. The molecule has 2 rings (SSSR count). The summed E-state index contributed by atoms with van der Waals surface area (Å²) in [6.07, 6.45) is 4.42. The van der Waals surface area contributed by atoms with E-state index in [1.165, 1.54) is 0 Å². The summed E-state index contributed by atoms with van der Waals surface area (Å²) in [5, 5.41) is 4.04. The van der Waals surface area contributed by atoms with Crippen molar-refractivity contribution in [3.05, 3.63) is 63.9 Å². The first kappa shape index (κ1) is 14.8. The molecule has 0 spiro atoms. The Morgan fingerprint density at radius 1 is 1.25 bits per heavy atom. The molecule has 0 aliphatic heterocycles. The quantitative estimate of drug-likeness (QED) is 0.916. The van der Waals surface area contributed by atoms with Crippen LogP contribution in [0.3, 0.4) is 0 Å². The molecule has 0 saturated heterocycles. The van der Waals surface area contributed by atoms with Gasteiger partial charge in [-0.2, -0.15) is 0 Å². The third kappa shape index (κ3) is 4.51. The topological polar surface area (TPSA) is 42.0 Å². The van der Waals surface area contributed by atoms with Gasteiger partial charge in [0.1, 0.15) is 0 Å². The summed E-state index contributed by atoms with van der Waals surface area (Å²) in [6.45, 7) is 0.487. The number of hydrogen-bond donors (Lipinski definition) is 1. The molecule has 3 nitrogen and oxygen atoms in total. The normalized spacial score (nSPS) is 10.3. The molecule has 0 radical (unpaired) electrons. The van der Waals surface area contributed by atoms with E-state index >= 15 is 0 Å². The number of pyridine rings is 1. The van der Waals surface area contributed by atoms with Gasteiger partial charge < -0.3 is 5.32 Å². The van der Waals surface area contributed by atoms with Crippen LogP contribution in [0.25, 0.3) is 0 Å². The molecule has 0 saturated carbocycles. The highest BCUT2D eigenvalue weighted by molar-refractivity contribution is 6.35. The third-order valence-corrected chi connectivity index (χ3v) is 3.44. The van der Waals surface area contributed by atoms with Gasteiger partial charge in [0.15, 0.2) is 0 Å². The average molecular weight is 309 g/mol. The van der Waals surface area contributed by atoms with E-state index in [1.807, 2.05) is 18.2 Å². The fourth-order valence-electron chi connectivity index (χ4n) is 1.76. The van der Waals surface area contributed by atoms with Gasteiger partial charge in [0.05, 0.1) is 0 Å². The third-order valence-electron chi connectivity index (χ3n) is 2.85. The first-order chi connectivity index (χ1) is 9.65. The molecule has 0 aliphatic carbocycles. The SMILES string of the molecule is O=C(CCc1ccc(Cl)cc1Cl)NCc1cccnc1. The van der Waals surface area contributed by atoms with E-state index in [0.29, 0.717) is 29.4 Å². The van der Waals surface area contributed by atoms with Crippen LogP contribution in [0, 0.1) is 0 Å². The molecule has 1 aromatic heterocycles. The number of hydrogen-bond acceptors (Lipinski definition) is 2. The molecule has 1 aromatic carbocycles. The summed E-state index contributed by atoms with van der Waals surface area (Å²) in [5.41, 5.74) is 1.90. The molecule has 1 N–H and O–H groups in total. The van der Waals surface area contributed by atoms with Gasteiger partial charge in [0.25, 0.3) is 0 Å². The predicted molar refractivity (Wildman–Crippen MR) is 80.9 cm³/mol. The molecule has 0 fully saturated rings. The van der Waals surface area contributed by atoms with E-state index in [0.717, 1.165) is 11.1 Å². The first-order valence-electron chi connectivity index (χ1n) is 6.24. The second kappa shape index (κ2) is 7.27. The van der Waals surface area contributed by atoms with Gasteiger partial charge in [0, 0.05) is 35.4 Å². The molecule has 0 atom stereocenters. The number of rotatable bonds is 5. The molecule has 1 heterocycles. The molecular formula is C15H14Cl2N2O. The number of carbonyl (C=O) groups is 1. The lowest BCUT2D eigenvalue weighted by Gasteiger charge is -2.06. The molecule has 20 heavy (non-hydrogen) atoms. The van der Waals surface area contributed by atoms with Crippen molar-refractivity contribution in [1.82, 2.24) is 10.3 Å². The van der Waals surface area contributed by atoms with Crippen LogP contribution in [0.2, 0.25) is 10.0 Å². The highest BCUT2D eigenvalue weighted by Crippen LogP contribution is 2.21. The van der Waals surface area contributed by atoms with Crippen molar-refractivity contribution in [2.45, 2.75) is 19.4 Å². The Hall–Kier alpha value is -1.58. The standard InChI is InChI=1S/C15H14Cl2N2O/c16-13-5-3-12(14(17)8-13)4-6-15(20)19-10-11-2-1-7-18-9-11/h1-3,5,7-9H,4,6,10H2,(H,19,20). The Morgan fingerprint density at radius 3 is 2.80 bits per heavy atom. The van der Waals surface area contributed by atoms with Crippen LogP contribution in [-0.2, 0) is 17.8 Å². The van der Waals surface area contributed by atoms with E-state index in [-0.39, 0.29) is 5.91 Å². The van der Waals surface area contributed by atoms with Gasteiger partial charge in [-0.3, -0.25) is 9.78 Å². The monoisotopic (exact) mass is 308 g/mol. The number of aryl methyl sites for hydroxylation is 1. The zero-order valence-electron chi connectivity index (χ0n) is 10.8. The van der Waals surface area contributed by atoms with E-state index in [9.17, 15) is 4.79 Å². The first-order valence-corrected chi connectivity index (χ1v) is 7.00. The second-order valence-corrected chi connectivity index (χ2v) is 5.22. The maximum absolute atomic E-state index is 11.8. The van der Waals surface area contributed by atoms with E-state index in [1.54, 1.807) is 24.5 Å². The Labute approximate surface area is 127 Å². The summed E-state index contributed by atoms with van der Waals surface area (Å²) in [5.74, 6) is -0.0140. The molecule has 0 unspecified atom stereocenters. The Morgan fingerprint density at radius 2 is 2.10 bits per heavy atom. The molecule has 2 aromatic rings. The number of aromatic nitrogens is 1. The van der Waals surface area contributed by atoms with Crippen molar-refractivity contribution in [2.75, 3.05) is 0 Å². The molecular weight excluding hydrogens is 295 g/mol. The lowest BCUT2D eigenvalue weighted by atomic mass is 10.1. The van der Waals surface area contributed by atoms with Crippen molar-refractivity contribution in [3.63, 3.8) is 0 Å². The maximum atomic E-state index is 11.8. The van der Waals surface area contributed by atoms with Crippen LogP contribution in [0.15, 0.2) is 42.7 Å². The average Bonchev–Trinajstić information content (AvgIpc) is 2.45. The zero-order valence-corrected chi connectivity index (χ0v) is 12.3. The number of nitrogens with one attached hydrogen (secondary N) is 1. The predicted octanol–water partition coefficient (Wildman–Crippen LogP) is 3.64. The van der Waals surface area contributed by atoms with Gasteiger partial charge in [-0.1, -0.05) is 35.3 Å². The van der Waals surface area contributed by atoms with Gasteiger partial charge in [-0.25, -0.2) is 0 Å². The Kier molecular flexibility index (Phi) is 5.39. The van der Waals surface area contributed by atoms with Crippen molar-refractivity contribution < 1.29 is 4.79 Å². The summed E-state index contributed by atoms with van der Waals surface area (Å²) < 4.78 is 0. The minimum absolute atomic E-state index is 0.0140. The van der Waals surface area contributed by atoms with E-state index in [2.05, 4.69) is 10.3 Å². The highest BCUT2D eigenvalue weighted by Gasteiger charge is 2.06. The van der Waals surface area contributed by atoms with Gasteiger partial charge >= 0.3 is 0 Å². The van der Waals surface area contributed by atoms with Crippen LogP contribution in [0.1, 0.15) is 17.5 Å². The highest BCUT2D eigenvalue weighted by atomic mass is 35.5. The van der Waals surface area contributed by atoms with Crippen LogP contribution in [0.5, 0.6) is 0 Å². The van der Waals surface area contributed by atoms with Gasteiger partial charge in [0.2, 0.25) is 5.91 Å². The van der Waals surface area contributed by atoms with Gasteiger partial charge in [-0.05, 0) is 35.7 Å². The summed E-state index contributed by atoms with van der Waals surface area (Å²) in [6, 6.07) is 9.07. The minimum Gasteiger partial charge on any atom is -0.352 e. The summed E-state index contributed by atoms with van der Waals surface area (Å²) in [7, 11) is 0. The molecule has 0 aliphatic rings. The molecule has 104 valence electrons.